The Balaban J connectivity index is 0.00000108. The molecular formula is C11H13ClN4O. The highest BCUT2D eigenvalue weighted by molar-refractivity contribution is 5.85. The van der Waals surface area contributed by atoms with Gasteiger partial charge in [0.1, 0.15) is 5.69 Å². The second kappa shape index (κ2) is 5.25. The number of hydrogen-bond donors (Lipinski definition) is 1. The molecule has 2 aromatic rings. The van der Waals surface area contributed by atoms with Gasteiger partial charge in [0.15, 0.2) is 0 Å². The Morgan fingerprint density at radius 1 is 1.35 bits per heavy atom. The Bertz CT molecular complexity index is 467. The highest BCUT2D eigenvalue weighted by atomic mass is 35.5. The molecule has 0 radical (unpaired) electrons. The first-order chi connectivity index (χ1) is 7.93. The maximum absolute atomic E-state index is 5.24. The highest BCUT2D eigenvalue weighted by Gasteiger charge is 2.22. The van der Waals surface area contributed by atoms with E-state index in [1.165, 1.54) is 0 Å². The molecule has 6 heteroatoms. The van der Waals surface area contributed by atoms with E-state index in [1.807, 2.05) is 18.2 Å². The topological polar surface area (TPSA) is 63.8 Å². The molecule has 0 bridgehead atoms. The summed E-state index contributed by atoms with van der Waals surface area (Å²) in [5.74, 6) is 1.22. The van der Waals surface area contributed by atoms with Crippen molar-refractivity contribution in [2.75, 3.05) is 6.54 Å². The van der Waals surface area contributed by atoms with E-state index >= 15 is 0 Å². The van der Waals surface area contributed by atoms with Gasteiger partial charge in [0.05, 0.1) is 6.04 Å². The third kappa shape index (κ3) is 2.45. The van der Waals surface area contributed by atoms with Crippen LogP contribution in [-0.4, -0.2) is 21.7 Å². The molecule has 0 amide bonds. The Labute approximate surface area is 105 Å². The molecule has 1 N–H and O–H groups in total. The molecule has 1 aliphatic heterocycles. The monoisotopic (exact) mass is 252 g/mol. The summed E-state index contributed by atoms with van der Waals surface area (Å²) in [6, 6.07) is 5.86. The lowest BCUT2D eigenvalue weighted by molar-refractivity contribution is 0.345. The molecule has 0 spiro atoms. The molecule has 0 saturated carbocycles. The molecule has 1 saturated heterocycles. The fraction of sp³-hybridized carbons (Fsp3) is 0.364. The van der Waals surface area contributed by atoms with Crippen molar-refractivity contribution >= 4 is 12.4 Å². The zero-order chi connectivity index (χ0) is 10.8. The number of hydrogen-bond acceptors (Lipinski definition) is 5. The molecule has 1 unspecified atom stereocenters. The SMILES string of the molecule is Cl.c1ccc(-c2noc(C3CCCN3)n2)nc1. The normalized spacial score (nSPS) is 18.9. The van der Waals surface area contributed by atoms with Crippen LogP contribution in [0, 0.1) is 0 Å². The largest absolute Gasteiger partial charge is 0.337 e. The molecule has 5 nitrogen and oxygen atoms in total. The summed E-state index contributed by atoms with van der Waals surface area (Å²) in [7, 11) is 0. The van der Waals surface area contributed by atoms with E-state index in [4.69, 9.17) is 4.52 Å². The van der Waals surface area contributed by atoms with Gasteiger partial charge in [0, 0.05) is 6.20 Å². The van der Waals surface area contributed by atoms with Gasteiger partial charge in [-0.25, -0.2) is 0 Å². The van der Waals surface area contributed by atoms with Gasteiger partial charge in [0.25, 0.3) is 0 Å². The molecular weight excluding hydrogens is 240 g/mol. The number of nitrogens with one attached hydrogen (secondary N) is 1. The van der Waals surface area contributed by atoms with E-state index in [0.29, 0.717) is 11.7 Å². The van der Waals surface area contributed by atoms with Crippen molar-refractivity contribution in [3.8, 4) is 11.5 Å². The second-order valence-electron chi connectivity index (χ2n) is 3.82. The Hall–Kier alpha value is -1.46. The lowest BCUT2D eigenvalue weighted by atomic mass is 10.2. The van der Waals surface area contributed by atoms with Crippen molar-refractivity contribution in [1.82, 2.24) is 20.4 Å². The van der Waals surface area contributed by atoms with Crippen molar-refractivity contribution in [1.29, 1.82) is 0 Å². The Morgan fingerprint density at radius 3 is 3.00 bits per heavy atom. The maximum Gasteiger partial charge on any atom is 0.244 e. The van der Waals surface area contributed by atoms with Gasteiger partial charge < -0.3 is 9.84 Å². The predicted octanol–water partition coefficient (Wildman–Crippen LogP) is 1.98. The molecule has 0 aliphatic carbocycles. The van der Waals surface area contributed by atoms with Gasteiger partial charge in [-0.1, -0.05) is 11.2 Å². The first-order valence-corrected chi connectivity index (χ1v) is 5.42. The van der Waals surface area contributed by atoms with Crippen LogP contribution in [0.4, 0.5) is 0 Å². The van der Waals surface area contributed by atoms with Crippen molar-refractivity contribution in [2.24, 2.45) is 0 Å². The quantitative estimate of drug-likeness (QED) is 0.885. The molecule has 1 atom stereocenters. The van der Waals surface area contributed by atoms with Crippen molar-refractivity contribution < 1.29 is 4.52 Å². The second-order valence-corrected chi connectivity index (χ2v) is 3.82. The molecule has 3 heterocycles. The van der Waals surface area contributed by atoms with Crippen LogP contribution in [0.5, 0.6) is 0 Å². The van der Waals surface area contributed by atoms with Crippen LogP contribution in [0.25, 0.3) is 11.5 Å². The lowest BCUT2D eigenvalue weighted by Crippen LogP contribution is -2.12. The van der Waals surface area contributed by atoms with Gasteiger partial charge in [-0.15, -0.1) is 12.4 Å². The van der Waals surface area contributed by atoms with Gasteiger partial charge in [-0.2, -0.15) is 4.98 Å². The molecule has 90 valence electrons. The average molecular weight is 253 g/mol. The van der Waals surface area contributed by atoms with Crippen LogP contribution >= 0.6 is 12.4 Å². The molecule has 17 heavy (non-hydrogen) atoms. The number of nitrogens with zero attached hydrogens (tertiary/aromatic N) is 3. The zero-order valence-electron chi connectivity index (χ0n) is 9.17. The summed E-state index contributed by atoms with van der Waals surface area (Å²) in [5.41, 5.74) is 0.746. The maximum atomic E-state index is 5.24. The minimum atomic E-state index is 0. The minimum Gasteiger partial charge on any atom is -0.337 e. The zero-order valence-corrected chi connectivity index (χ0v) is 9.98. The van der Waals surface area contributed by atoms with E-state index in [-0.39, 0.29) is 18.4 Å². The van der Waals surface area contributed by atoms with Crippen LogP contribution in [0.2, 0.25) is 0 Å². The third-order valence-corrected chi connectivity index (χ3v) is 2.69. The first kappa shape index (κ1) is 12.0. The summed E-state index contributed by atoms with van der Waals surface area (Å²) in [6.07, 6.45) is 3.94. The van der Waals surface area contributed by atoms with E-state index < -0.39 is 0 Å². The minimum absolute atomic E-state index is 0. The molecule has 1 aliphatic rings. The first-order valence-electron chi connectivity index (χ1n) is 5.42. The van der Waals surface area contributed by atoms with E-state index in [0.717, 1.165) is 25.1 Å². The molecule has 0 aromatic carbocycles. The van der Waals surface area contributed by atoms with Crippen molar-refractivity contribution in [3.05, 3.63) is 30.3 Å². The Morgan fingerprint density at radius 2 is 2.29 bits per heavy atom. The van der Waals surface area contributed by atoms with Gasteiger partial charge in [-0.05, 0) is 31.5 Å². The predicted molar refractivity (Wildman–Crippen MR) is 64.8 cm³/mol. The fourth-order valence-electron chi connectivity index (χ4n) is 1.87. The van der Waals surface area contributed by atoms with Crippen molar-refractivity contribution in [3.63, 3.8) is 0 Å². The van der Waals surface area contributed by atoms with Crippen molar-refractivity contribution in [2.45, 2.75) is 18.9 Å². The number of halogens is 1. The van der Waals surface area contributed by atoms with Gasteiger partial charge in [0.2, 0.25) is 11.7 Å². The summed E-state index contributed by atoms with van der Waals surface area (Å²) in [4.78, 5) is 8.54. The van der Waals surface area contributed by atoms with Crippen LogP contribution < -0.4 is 5.32 Å². The summed E-state index contributed by atoms with van der Waals surface area (Å²) >= 11 is 0. The summed E-state index contributed by atoms with van der Waals surface area (Å²) < 4.78 is 5.24. The van der Waals surface area contributed by atoms with E-state index in [2.05, 4.69) is 20.4 Å². The van der Waals surface area contributed by atoms with Crippen LogP contribution in [-0.2, 0) is 0 Å². The fourth-order valence-corrected chi connectivity index (χ4v) is 1.87. The van der Waals surface area contributed by atoms with Crippen LogP contribution in [0.15, 0.2) is 28.9 Å². The number of rotatable bonds is 2. The smallest absolute Gasteiger partial charge is 0.244 e. The highest BCUT2D eigenvalue weighted by Crippen LogP contribution is 2.23. The van der Waals surface area contributed by atoms with Gasteiger partial charge in [-0.3, -0.25) is 4.98 Å². The van der Waals surface area contributed by atoms with Crippen LogP contribution in [0.3, 0.4) is 0 Å². The number of pyridine rings is 1. The summed E-state index contributed by atoms with van der Waals surface area (Å²) in [6.45, 7) is 1.02. The molecule has 1 fully saturated rings. The summed E-state index contributed by atoms with van der Waals surface area (Å²) in [5, 5.41) is 7.26. The molecule has 2 aromatic heterocycles. The van der Waals surface area contributed by atoms with E-state index in [1.54, 1.807) is 6.20 Å². The third-order valence-electron chi connectivity index (χ3n) is 2.69. The number of aromatic nitrogens is 3. The van der Waals surface area contributed by atoms with E-state index in [9.17, 15) is 0 Å². The standard InChI is InChI=1S/C11H12N4O.ClH/c1-2-6-12-8(4-1)10-14-11(16-15-10)9-5-3-7-13-9;/h1-2,4,6,9,13H,3,5,7H2;1H. The van der Waals surface area contributed by atoms with Gasteiger partial charge >= 0.3 is 0 Å². The lowest BCUT2D eigenvalue weighted by Gasteiger charge is -2.01. The molecule has 3 rings (SSSR count). The van der Waals surface area contributed by atoms with Crippen LogP contribution in [0.1, 0.15) is 24.8 Å². The Kier molecular flexibility index (Phi) is 3.71. The average Bonchev–Trinajstić information content (AvgIpc) is 3.01.